The van der Waals surface area contributed by atoms with Gasteiger partial charge >= 0.3 is 0 Å². The molecule has 3 aliphatic rings. The molecule has 0 aromatic heterocycles. The van der Waals surface area contributed by atoms with Crippen LogP contribution in [0.2, 0.25) is 0 Å². The van der Waals surface area contributed by atoms with E-state index < -0.39 is 0 Å². The zero-order valence-corrected chi connectivity index (χ0v) is 14.7. The number of hydrogen-bond donors (Lipinski definition) is 0. The number of fused-ring (bicyclic) bond motifs is 1. The number of benzene rings is 1. The number of ether oxygens (including phenoxy) is 3. The Balaban J connectivity index is 2.02. The van der Waals surface area contributed by atoms with E-state index in [9.17, 15) is 4.79 Å². The van der Waals surface area contributed by atoms with Crippen LogP contribution in [0.4, 0.5) is 0 Å². The highest BCUT2D eigenvalue weighted by molar-refractivity contribution is 5.82. The molecule has 0 bridgehead atoms. The molecule has 130 valence electrons. The van der Waals surface area contributed by atoms with Gasteiger partial charge in [0.2, 0.25) is 5.91 Å². The largest absolute Gasteiger partial charge is 0.496 e. The summed E-state index contributed by atoms with van der Waals surface area (Å²) in [6.07, 6.45) is 5.91. The second-order valence-electron chi connectivity index (χ2n) is 7.03. The lowest BCUT2D eigenvalue weighted by Crippen LogP contribution is -2.52. The molecule has 1 aromatic rings. The molecule has 1 saturated heterocycles. The molecule has 5 heteroatoms. The molecule has 24 heavy (non-hydrogen) atoms. The molecule has 5 nitrogen and oxygen atoms in total. The second-order valence-corrected chi connectivity index (χ2v) is 7.03. The van der Waals surface area contributed by atoms with Crippen molar-refractivity contribution in [3.63, 3.8) is 0 Å². The molecular formula is C19H25NO4. The SMILES string of the molecule is COc1cc(OC)c(OC)c2c1CCN1C(=O)C[C@@H]3CCCC[C@@]231. The Hall–Kier alpha value is -1.91. The summed E-state index contributed by atoms with van der Waals surface area (Å²) in [5, 5.41) is 0. The van der Waals surface area contributed by atoms with Crippen LogP contribution in [0.1, 0.15) is 43.2 Å². The Bertz CT molecular complexity index is 664. The van der Waals surface area contributed by atoms with E-state index in [1.807, 2.05) is 6.07 Å². The van der Waals surface area contributed by atoms with E-state index in [4.69, 9.17) is 14.2 Å². The first-order chi connectivity index (χ1) is 11.7. The smallest absolute Gasteiger partial charge is 0.223 e. The molecule has 2 atom stereocenters. The molecule has 1 aromatic carbocycles. The van der Waals surface area contributed by atoms with E-state index in [-0.39, 0.29) is 11.4 Å². The topological polar surface area (TPSA) is 48.0 Å². The van der Waals surface area contributed by atoms with Crippen molar-refractivity contribution >= 4 is 5.91 Å². The van der Waals surface area contributed by atoms with E-state index in [1.165, 1.54) is 12.0 Å². The third-order valence-electron chi connectivity index (χ3n) is 6.21. The molecule has 1 amide bonds. The summed E-state index contributed by atoms with van der Waals surface area (Å²) >= 11 is 0. The van der Waals surface area contributed by atoms with Crippen LogP contribution in [0.25, 0.3) is 0 Å². The van der Waals surface area contributed by atoms with Crippen LogP contribution in [0, 0.1) is 5.92 Å². The van der Waals surface area contributed by atoms with Crippen molar-refractivity contribution in [3.05, 3.63) is 17.2 Å². The van der Waals surface area contributed by atoms with Gasteiger partial charge in [0.05, 0.1) is 26.9 Å². The molecule has 1 aliphatic carbocycles. The van der Waals surface area contributed by atoms with Gasteiger partial charge in [0, 0.05) is 30.2 Å². The lowest BCUT2D eigenvalue weighted by atomic mass is 9.66. The maximum atomic E-state index is 12.7. The van der Waals surface area contributed by atoms with Gasteiger partial charge in [0.15, 0.2) is 11.5 Å². The van der Waals surface area contributed by atoms with Crippen LogP contribution in [-0.2, 0) is 16.8 Å². The number of nitrogens with zero attached hydrogens (tertiary/aromatic N) is 1. The fourth-order valence-corrected chi connectivity index (χ4v) is 5.31. The van der Waals surface area contributed by atoms with E-state index in [2.05, 4.69) is 4.90 Å². The standard InChI is InChI=1S/C19H25NO4/c1-22-14-11-15(23-2)18(24-3)17-13(14)7-9-20-16(21)10-12-6-4-5-8-19(12,17)20/h11-12H,4-10H2,1-3H3/t12-,19-/m0/s1. The molecule has 0 radical (unpaired) electrons. The van der Waals surface area contributed by atoms with Gasteiger partial charge < -0.3 is 19.1 Å². The molecular weight excluding hydrogens is 306 g/mol. The third kappa shape index (κ3) is 1.84. The average molecular weight is 331 g/mol. The number of carbonyl (C=O) groups is 1. The predicted molar refractivity (Wildman–Crippen MR) is 89.8 cm³/mol. The molecule has 2 fully saturated rings. The van der Waals surface area contributed by atoms with Crippen LogP contribution < -0.4 is 14.2 Å². The summed E-state index contributed by atoms with van der Waals surface area (Å²) in [6, 6.07) is 1.92. The molecule has 2 aliphatic heterocycles. The molecule has 4 rings (SSSR count). The lowest BCUT2D eigenvalue weighted by molar-refractivity contribution is -0.132. The van der Waals surface area contributed by atoms with Gasteiger partial charge in [-0.2, -0.15) is 0 Å². The fourth-order valence-electron chi connectivity index (χ4n) is 5.31. The molecule has 0 unspecified atom stereocenters. The highest BCUT2D eigenvalue weighted by atomic mass is 16.5. The highest BCUT2D eigenvalue weighted by Crippen LogP contribution is 2.60. The minimum absolute atomic E-state index is 0.240. The Morgan fingerprint density at radius 2 is 1.92 bits per heavy atom. The zero-order valence-electron chi connectivity index (χ0n) is 14.7. The minimum atomic E-state index is -0.240. The van der Waals surface area contributed by atoms with Gasteiger partial charge in [-0.25, -0.2) is 0 Å². The van der Waals surface area contributed by atoms with Crippen LogP contribution in [0.5, 0.6) is 17.2 Å². The van der Waals surface area contributed by atoms with Crippen molar-refractivity contribution in [1.29, 1.82) is 0 Å². The first kappa shape index (κ1) is 15.6. The first-order valence-electron chi connectivity index (χ1n) is 8.80. The first-order valence-corrected chi connectivity index (χ1v) is 8.80. The Morgan fingerprint density at radius 3 is 2.62 bits per heavy atom. The average Bonchev–Trinajstić information content (AvgIpc) is 2.92. The van der Waals surface area contributed by atoms with Crippen molar-refractivity contribution in [1.82, 2.24) is 4.90 Å². The number of carbonyl (C=O) groups excluding carboxylic acids is 1. The van der Waals surface area contributed by atoms with Crippen LogP contribution in [0.15, 0.2) is 6.07 Å². The normalized spacial score (nSPS) is 28.0. The summed E-state index contributed by atoms with van der Waals surface area (Å²) in [5.41, 5.74) is 2.09. The van der Waals surface area contributed by atoms with Gasteiger partial charge in [-0.3, -0.25) is 4.79 Å². The van der Waals surface area contributed by atoms with E-state index >= 15 is 0 Å². The monoisotopic (exact) mass is 331 g/mol. The van der Waals surface area contributed by atoms with E-state index in [0.29, 0.717) is 18.1 Å². The molecule has 1 saturated carbocycles. The number of amides is 1. The fraction of sp³-hybridized carbons (Fsp3) is 0.632. The van der Waals surface area contributed by atoms with E-state index in [1.54, 1.807) is 21.3 Å². The van der Waals surface area contributed by atoms with E-state index in [0.717, 1.165) is 49.3 Å². The number of rotatable bonds is 3. The maximum Gasteiger partial charge on any atom is 0.223 e. The Morgan fingerprint density at radius 1 is 1.12 bits per heavy atom. The summed E-state index contributed by atoms with van der Waals surface area (Å²) in [6.45, 7) is 0.772. The Kier molecular flexibility index (Phi) is 3.62. The lowest BCUT2D eigenvalue weighted by Gasteiger charge is -2.50. The van der Waals surface area contributed by atoms with Crippen LogP contribution in [-0.4, -0.2) is 38.7 Å². The van der Waals surface area contributed by atoms with Gasteiger partial charge in [0.1, 0.15) is 5.75 Å². The Labute approximate surface area is 142 Å². The highest BCUT2D eigenvalue weighted by Gasteiger charge is 2.58. The maximum absolute atomic E-state index is 12.7. The van der Waals surface area contributed by atoms with Gasteiger partial charge in [-0.15, -0.1) is 0 Å². The molecule has 0 N–H and O–H groups in total. The third-order valence-corrected chi connectivity index (χ3v) is 6.21. The number of hydrogen-bond acceptors (Lipinski definition) is 4. The van der Waals surface area contributed by atoms with Crippen LogP contribution >= 0.6 is 0 Å². The van der Waals surface area contributed by atoms with Crippen molar-refractivity contribution in [2.24, 2.45) is 5.92 Å². The molecule has 2 heterocycles. The quantitative estimate of drug-likeness (QED) is 0.854. The van der Waals surface area contributed by atoms with Gasteiger partial charge in [-0.05, 0) is 25.2 Å². The van der Waals surface area contributed by atoms with Gasteiger partial charge in [-0.1, -0.05) is 12.8 Å². The van der Waals surface area contributed by atoms with Crippen molar-refractivity contribution < 1.29 is 19.0 Å². The van der Waals surface area contributed by atoms with Gasteiger partial charge in [0.25, 0.3) is 0 Å². The number of methoxy groups -OCH3 is 3. The zero-order chi connectivity index (χ0) is 16.9. The minimum Gasteiger partial charge on any atom is -0.496 e. The summed E-state index contributed by atoms with van der Waals surface area (Å²) in [4.78, 5) is 14.8. The summed E-state index contributed by atoms with van der Waals surface area (Å²) < 4.78 is 17.1. The van der Waals surface area contributed by atoms with Crippen molar-refractivity contribution in [3.8, 4) is 17.2 Å². The summed E-state index contributed by atoms with van der Waals surface area (Å²) in [5.74, 6) is 2.97. The second kappa shape index (κ2) is 5.57. The summed E-state index contributed by atoms with van der Waals surface area (Å²) in [7, 11) is 5.04. The molecule has 1 spiro atoms. The van der Waals surface area contributed by atoms with Crippen molar-refractivity contribution in [2.45, 2.75) is 44.1 Å². The van der Waals surface area contributed by atoms with Crippen LogP contribution in [0.3, 0.4) is 0 Å². The predicted octanol–water partition coefficient (Wildman–Crippen LogP) is 2.89. The van der Waals surface area contributed by atoms with Crippen molar-refractivity contribution in [2.75, 3.05) is 27.9 Å².